The Morgan fingerprint density at radius 2 is 0.804 bits per heavy atom. The van der Waals surface area contributed by atoms with E-state index in [2.05, 4.69) is 24.3 Å². The van der Waals surface area contributed by atoms with Crippen LogP contribution >= 0.6 is 23.5 Å². The maximum absolute atomic E-state index is 10.2. The van der Waals surface area contributed by atoms with E-state index in [0.717, 1.165) is 44.8 Å². The van der Waals surface area contributed by atoms with Gasteiger partial charge in [-0.3, -0.25) is 0 Å². The van der Waals surface area contributed by atoms with Crippen LogP contribution in [0.5, 0.6) is 0 Å². The van der Waals surface area contributed by atoms with Crippen molar-refractivity contribution < 1.29 is 0 Å². The Labute approximate surface area is 278 Å². The lowest BCUT2D eigenvalue weighted by molar-refractivity contribution is 1.12. The Balaban J connectivity index is 1.23. The molecule has 6 rings (SSSR count). The van der Waals surface area contributed by atoms with Gasteiger partial charge < -0.3 is 0 Å². The van der Waals surface area contributed by atoms with Crippen molar-refractivity contribution in [3.63, 3.8) is 0 Å². The summed E-state index contributed by atoms with van der Waals surface area (Å²) in [5, 5.41) is 21.8. The molecule has 220 valence electrons. The fourth-order valence-corrected chi connectivity index (χ4v) is 6.77. The number of benzene rings is 4. The van der Waals surface area contributed by atoms with E-state index in [-0.39, 0.29) is 0 Å². The number of pyridine rings is 2. The van der Waals surface area contributed by atoms with Gasteiger partial charge in [-0.25, -0.2) is 9.97 Å². The van der Waals surface area contributed by atoms with Crippen LogP contribution in [0.15, 0.2) is 156 Å². The molecule has 0 aliphatic heterocycles. The number of aromatic nitrogens is 2. The molecule has 0 radical (unpaired) electrons. The topological polar surface area (TPSA) is 73.4 Å². The monoisotopic (exact) mass is 628 g/mol. The molecule has 0 spiro atoms. The first-order chi connectivity index (χ1) is 22.7. The third-order valence-corrected chi connectivity index (χ3v) is 9.16. The minimum Gasteiger partial charge on any atom is -0.240 e. The highest BCUT2D eigenvalue weighted by Crippen LogP contribution is 2.36. The highest BCUT2D eigenvalue weighted by Gasteiger charge is 2.17. The Morgan fingerprint density at radius 3 is 1.13 bits per heavy atom. The highest BCUT2D eigenvalue weighted by atomic mass is 32.2. The normalized spacial score (nSPS) is 10.8. The molecule has 0 aliphatic rings. The molecule has 0 saturated heterocycles. The molecule has 0 unspecified atom stereocenters. The van der Waals surface area contributed by atoms with Crippen LogP contribution in [-0.2, 0) is 0 Å². The summed E-state index contributed by atoms with van der Waals surface area (Å²) in [5.74, 6) is 1.29. The minimum absolute atomic E-state index is 0.577. The van der Waals surface area contributed by atoms with Gasteiger partial charge in [0.15, 0.2) is 0 Å². The van der Waals surface area contributed by atoms with Gasteiger partial charge in [0, 0.05) is 33.8 Å². The Bertz CT molecular complexity index is 1900. The van der Waals surface area contributed by atoms with E-state index in [4.69, 9.17) is 9.97 Å². The molecule has 0 saturated carbocycles. The molecule has 0 amide bonds. The van der Waals surface area contributed by atoms with Gasteiger partial charge in [0.05, 0.1) is 22.5 Å². The largest absolute Gasteiger partial charge is 0.240 e. The van der Waals surface area contributed by atoms with Crippen LogP contribution in [0.4, 0.5) is 0 Å². The molecule has 2 aromatic heterocycles. The fourth-order valence-electron chi connectivity index (χ4n) is 5.06. The van der Waals surface area contributed by atoms with Gasteiger partial charge in [0.1, 0.15) is 22.2 Å². The number of rotatable bonds is 10. The quantitative estimate of drug-likeness (QED) is 0.111. The van der Waals surface area contributed by atoms with E-state index in [1.807, 2.05) is 133 Å². The molecule has 6 aromatic rings. The SMILES string of the molecule is N#Cc1c(-c2ccccc2)cc(-c2ccccc2)nc1SCC=CCSc1nc(-c2ccccc2)cc(-c2ccccc2)c1C#N. The molecule has 0 aliphatic carbocycles. The lowest BCUT2D eigenvalue weighted by Crippen LogP contribution is -1.96. The predicted molar refractivity (Wildman–Crippen MR) is 190 cm³/mol. The van der Waals surface area contributed by atoms with Crippen molar-refractivity contribution in [3.8, 4) is 56.9 Å². The van der Waals surface area contributed by atoms with Crippen molar-refractivity contribution in [2.45, 2.75) is 10.1 Å². The van der Waals surface area contributed by atoms with Gasteiger partial charge in [0.25, 0.3) is 0 Å². The van der Waals surface area contributed by atoms with Gasteiger partial charge >= 0.3 is 0 Å². The summed E-state index contributed by atoms with van der Waals surface area (Å²) in [4.78, 5) is 9.84. The van der Waals surface area contributed by atoms with Crippen LogP contribution < -0.4 is 0 Å². The maximum Gasteiger partial charge on any atom is 0.115 e. The van der Waals surface area contributed by atoms with Crippen LogP contribution in [0.2, 0.25) is 0 Å². The lowest BCUT2D eigenvalue weighted by Gasteiger charge is -2.12. The lowest BCUT2D eigenvalue weighted by atomic mass is 9.99. The second kappa shape index (κ2) is 15.1. The van der Waals surface area contributed by atoms with Crippen LogP contribution in [0.1, 0.15) is 11.1 Å². The molecule has 0 fully saturated rings. The van der Waals surface area contributed by atoms with Gasteiger partial charge in [-0.1, -0.05) is 133 Å². The molecule has 0 N–H and O–H groups in total. The summed E-state index contributed by atoms with van der Waals surface area (Å²) in [6, 6.07) is 48.9. The first kappa shape index (κ1) is 30.6. The number of nitrogens with zero attached hydrogens (tertiary/aromatic N) is 4. The summed E-state index contributed by atoms with van der Waals surface area (Å²) in [7, 11) is 0. The highest BCUT2D eigenvalue weighted by molar-refractivity contribution is 7.99. The third-order valence-electron chi connectivity index (χ3n) is 7.30. The molecule has 4 aromatic carbocycles. The predicted octanol–water partition coefficient (Wildman–Crippen LogP) is 10.3. The Hall–Kier alpha value is -5.40. The average molecular weight is 629 g/mol. The second-order valence-electron chi connectivity index (χ2n) is 10.3. The summed E-state index contributed by atoms with van der Waals surface area (Å²) in [5.41, 5.74) is 8.56. The molecular formula is C40H28N4S2. The van der Waals surface area contributed by atoms with Gasteiger partial charge in [-0.05, 0) is 23.3 Å². The van der Waals surface area contributed by atoms with Crippen molar-refractivity contribution >= 4 is 23.5 Å². The standard InChI is InChI=1S/C40H28N4S2/c41-27-35-33(29-15-5-1-6-16-29)25-37(31-19-9-3-10-20-31)43-39(35)45-23-13-14-24-46-40-36(28-42)34(30-17-7-2-8-18-30)26-38(44-40)32-21-11-4-12-22-32/h1-22,25-26H,23-24H2. The summed E-state index contributed by atoms with van der Waals surface area (Å²) in [6.45, 7) is 0. The van der Waals surface area contributed by atoms with Crippen LogP contribution in [0.25, 0.3) is 44.8 Å². The molecule has 0 atom stereocenters. The number of thioether (sulfide) groups is 2. The van der Waals surface area contributed by atoms with E-state index >= 15 is 0 Å². The minimum atomic E-state index is 0.577. The van der Waals surface area contributed by atoms with E-state index in [9.17, 15) is 10.5 Å². The van der Waals surface area contributed by atoms with E-state index in [1.165, 1.54) is 0 Å². The van der Waals surface area contributed by atoms with E-state index in [0.29, 0.717) is 32.7 Å². The molecule has 46 heavy (non-hydrogen) atoms. The zero-order valence-corrected chi connectivity index (χ0v) is 26.5. The Kier molecular flexibility index (Phi) is 10.0. The summed E-state index contributed by atoms with van der Waals surface area (Å²) in [6.07, 6.45) is 4.17. The Morgan fingerprint density at radius 1 is 0.478 bits per heavy atom. The molecule has 2 heterocycles. The van der Waals surface area contributed by atoms with Crippen LogP contribution in [-0.4, -0.2) is 21.5 Å². The summed E-state index contributed by atoms with van der Waals surface area (Å²) >= 11 is 3.09. The first-order valence-electron chi connectivity index (χ1n) is 14.8. The van der Waals surface area contributed by atoms with Gasteiger partial charge in [-0.15, -0.1) is 23.5 Å². The first-order valence-corrected chi connectivity index (χ1v) is 16.7. The zero-order chi connectivity index (χ0) is 31.6. The van der Waals surface area contributed by atoms with Gasteiger partial charge in [0.2, 0.25) is 0 Å². The van der Waals surface area contributed by atoms with Gasteiger partial charge in [-0.2, -0.15) is 10.5 Å². The average Bonchev–Trinajstić information content (AvgIpc) is 3.13. The molecule has 4 nitrogen and oxygen atoms in total. The van der Waals surface area contributed by atoms with E-state index in [1.54, 1.807) is 23.5 Å². The van der Waals surface area contributed by atoms with Crippen molar-refractivity contribution in [3.05, 3.63) is 157 Å². The van der Waals surface area contributed by atoms with Crippen molar-refractivity contribution in [1.29, 1.82) is 10.5 Å². The smallest absolute Gasteiger partial charge is 0.115 e. The molecule has 6 heteroatoms. The van der Waals surface area contributed by atoms with Crippen molar-refractivity contribution in [2.75, 3.05) is 11.5 Å². The van der Waals surface area contributed by atoms with Crippen LogP contribution in [0.3, 0.4) is 0 Å². The van der Waals surface area contributed by atoms with Crippen molar-refractivity contribution in [1.82, 2.24) is 9.97 Å². The second-order valence-corrected chi connectivity index (χ2v) is 12.3. The summed E-state index contributed by atoms with van der Waals surface area (Å²) < 4.78 is 0. The number of nitriles is 2. The van der Waals surface area contributed by atoms with E-state index < -0.39 is 0 Å². The van der Waals surface area contributed by atoms with Crippen molar-refractivity contribution in [2.24, 2.45) is 0 Å². The zero-order valence-electron chi connectivity index (χ0n) is 24.9. The number of hydrogen-bond donors (Lipinski definition) is 0. The maximum atomic E-state index is 10.2. The molecule has 0 bridgehead atoms. The molecular weight excluding hydrogens is 601 g/mol. The fraction of sp³-hybridized carbons (Fsp3) is 0.0500. The third kappa shape index (κ3) is 7.11. The van der Waals surface area contributed by atoms with Crippen LogP contribution in [0, 0.1) is 22.7 Å². The number of hydrogen-bond acceptors (Lipinski definition) is 6.